The molecule has 0 fully saturated rings. The molecule has 0 aliphatic heterocycles. The van der Waals surface area contributed by atoms with Gasteiger partial charge in [-0.15, -0.1) is 0 Å². The molecule has 0 unspecified atom stereocenters. The summed E-state index contributed by atoms with van der Waals surface area (Å²) in [6, 6.07) is 12.3. The third-order valence-corrected chi connectivity index (χ3v) is 7.98. The number of aliphatic carboxylic acids is 1. The van der Waals surface area contributed by atoms with Gasteiger partial charge in [0.05, 0.1) is 4.90 Å². The number of hydrogen-bond donors (Lipinski definition) is 2. The van der Waals surface area contributed by atoms with Gasteiger partial charge in [-0.2, -0.15) is 8.68 Å². The van der Waals surface area contributed by atoms with Gasteiger partial charge in [0, 0.05) is 42.4 Å². The fourth-order valence-corrected chi connectivity index (χ4v) is 6.03. The van der Waals surface area contributed by atoms with E-state index < -0.39 is 22.5 Å². The number of carboxylic acids is 1. The van der Waals surface area contributed by atoms with Gasteiger partial charge in [0.25, 0.3) is 0 Å². The molecule has 0 saturated heterocycles. The van der Waals surface area contributed by atoms with E-state index in [2.05, 4.69) is 14.7 Å². The summed E-state index contributed by atoms with van der Waals surface area (Å²) in [5.41, 5.74) is 0. The van der Waals surface area contributed by atoms with Crippen LogP contribution in [-0.2, 0) is 14.8 Å². The Morgan fingerprint density at radius 1 is 1.09 bits per heavy atom. The number of fused-ring (bicyclic) bond motifs is 2. The zero-order valence-electron chi connectivity index (χ0n) is 17.9. The summed E-state index contributed by atoms with van der Waals surface area (Å²) < 4.78 is 33.9. The van der Waals surface area contributed by atoms with Crippen molar-refractivity contribution in [2.75, 3.05) is 25.0 Å². The lowest BCUT2D eigenvalue weighted by atomic mass is 10.1. The summed E-state index contributed by atoms with van der Waals surface area (Å²) in [5, 5.41) is 14.0. The molecule has 0 bridgehead atoms. The van der Waals surface area contributed by atoms with Gasteiger partial charge in [-0.1, -0.05) is 49.2 Å². The molecule has 0 amide bonds. The summed E-state index contributed by atoms with van der Waals surface area (Å²) in [4.78, 5) is 16.5. The molecular weight excluding hydrogens is 462 g/mol. The van der Waals surface area contributed by atoms with Crippen molar-refractivity contribution >= 4 is 49.2 Å². The van der Waals surface area contributed by atoms with Gasteiger partial charge in [0.15, 0.2) is 0 Å². The van der Waals surface area contributed by atoms with Crippen molar-refractivity contribution in [1.29, 1.82) is 0 Å². The molecule has 0 aliphatic carbocycles. The molecule has 11 heteroatoms. The lowest BCUT2D eigenvalue weighted by Gasteiger charge is -2.21. The number of carboxylic acid groups (broad SMARTS) is 1. The number of hydrogen-bond acceptors (Lipinski definition) is 7. The molecule has 0 saturated carbocycles. The van der Waals surface area contributed by atoms with E-state index >= 15 is 0 Å². The van der Waals surface area contributed by atoms with Gasteiger partial charge in [0.2, 0.25) is 20.9 Å². The van der Waals surface area contributed by atoms with Crippen LogP contribution in [0.15, 0.2) is 59.8 Å². The van der Waals surface area contributed by atoms with Crippen LogP contribution in [-0.4, -0.2) is 57.2 Å². The lowest BCUT2D eigenvalue weighted by Crippen LogP contribution is -2.36. The monoisotopic (exact) mass is 487 g/mol. The summed E-state index contributed by atoms with van der Waals surface area (Å²) in [6.45, 7) is 0.342. The van der Waals surface area contributed by atoms with E-state index in [0.717, 1.165) is 46.4 Å². The maximum atomic E-state index is 13.3. The Morgan fingerprint density at radius 3 is 2.73 bits per heavy atom. The van der Waals surface area contributed by atoms with Crippen LogP contribution >= 0.6 is 11.5 Å². The Labute approximate surface area is 195 Å². The normalized spacial score (nSPS) is 12.0. The third-order valence-electron chi connectivity index (χ3n) is 5.35. The minimum Gasteiger partial charge on any atom is -0.480 e. The van der Waals surface area contributed by atoms with Crippen LogP contribution in [0.1, 0.15) is 25.7 Å². The van der Waals surface area contributed by atoms with E-state index in [1.807, 2.05) is 28.8 Å². The van der Waals surface area contributed by atoms with Gasteiger partial charge in [0.1, 0.15) is 6.54 Å². The van der Waals surface area contributed by atoms with Gasteiger partial charge in [-0.25, -0.2) is 13.4 Å². The number of imidazole rings is 1. The van der Waals surface area contributed by atoms with Crippen molar-refractivity contribution in [3.8, 4) is 0 Å². The van der Waals surface area contributed by atoms with E-state index in [-0.39, 0.29) is 11.4 Å². The van der Waals surface area contributed by atoms with E-state index in [9.17, 15) is 18.3 Å². The quantitative estimate of drug-likeness (QED) is 0.293. The highest BCUT2D eigenvalue weighted by Gasteiger charge is 2.27. The highest BCUT2D eigenvalue weighted by molar-refractivity contribution is 7.89. The SMILES string of the molecule is O=C(O)CN(CCCCCCNc1nsc2nccn12)S(=O)(=O)c1cccc2ccccc12. The molecule has 4 aromatic rings. The van der Waals surface area contributed by atoms with Gasteiger partial charge < -0.3 is 10.4 Å². The summed E-state index contributed by atoms with van der Waals surface area (Å²) in [5.74, 6) is -0.404. The van der Waals surface area contributed by atoms with Crippen LogP contribution in [0.25, 0.3) is 15.7 Å². The van der Waals surface area contributed by atoms with E-state index in [0.29, 0.717) is 11.8 Å². The minimum absolute atomic E-state index is 0.139. The summed E-state index contributed by atoms with van der Waals surface area (Å²) >= 11 is 1.33. The maximum absolute atomic E-state index is 13.3. The predicted molar refractivity (Wildman–Crippen MR) is 128 cm³/mol. The number of unbranched alkanes of at least 4 members (excludes halogenated alkanes) is 3. The molecular formula is C22H25N5O4S2. The van der Waals surface area contributed by atoms with Crippen molar-refractivity contribution in [2.45, 2.75) is 30.6 Å². The second kappa shape index (κ2) is 10.3. The number of nitrogens with one attached hydrogen (secondary N) is 1. The molecule has 0 spiro atoms. The van der Waals surface area contributed by atoms with Crippen LogP contribution in [0, 0.1) is 0 Å². The second-order valence-electron chi connectivity index (χ2n) is 7.64. The zero-order valence-corrected chi connectivity index (χ0v) is 19.6. The van der Waals surface area contributed by atoms with Crippen molar-refractivity contribution in [2.24, 2.45) is 0 Å². The fourth-order valence-electron chi connectivity index (χ4n) is 3.73. The molecule has 0 radical (unpaired) electrons. The average Bonchev–Trinajstić information content (AvgIpc) is 3.41. The van der Waals surface area contributed by atoms with Gasteiger partial charge in [-0.3, -0.25) is 9.20 Å². The van der Waals surface area contributed by atoms with Crippen LogP contribution in [0.5, 0.6) is 0 Å². The highest BCUT2D eigenvalue weighted by atomic mass is 32.2. The third kappa shape index (κ3) is 5.32. The zero-order chi connectivity index (χ0) is 23.3. The van der Waals surface area contributed by atoms with E-state index in [1.165, 1.54) is 17.6 Å². The number of benzene rings is 2. The first-order valence-corrected chi connectivity index (χ1v) is 12.9. The van der Waals surface area contributed by atoms with Crippen molar-refractivity contribution < 1.29 is 18.3 Å². The standard InChI is InChI=1S/C22H25N5O4S2/c28-20(29)16-26(33(30,31)19-11-7-9-17-8-3-4-10-18(17)19)14-6-2-1-5-12-23-21-25-32-22-24-13-15-27(21)22/h3-4,7-11,13,15H,1-2,5-6,12,14,16H2,(H,23,25)(H,28,29). The average molecular weight is 488 g/mol. The second-order valence-corrected chi connectivity index (χ2v) is 10.3. The number of carbonyl (C=O) groups is 1. The topological polar surface area (TPSA) is 117 Å². The first-order chi connectivity index (χ1) is 16.0. The molecule has 174 valence electrons. The first-order valence-electron chi connectivity index (χ1n) is 10.7. The van der Waals surface area contributed by atoms with Crippen LogP contribution in [0.4, 0.5) is 5.95 Å². The van der Waals surface area contributed by atoms with Gasteiger partial charge in [-0.05, 0) is 24.3 Å². The highest BCUT2D eigenvalue weighted by Crippen LogP contribution is 2.26. The molecule has 2 aromatic carbocycles. The lowest BCUT2D eigenvalue weighted by molar-refractivity contribution is -0.137. The molecule has 33 heavy (non-hydrogen) atoms. The molecule has 4 rings (SSSR count). The molecule has 0 aliphatic rings. The van der Waals surface area contributed by atoms with E-state index in [1.54, 1.807) is 24.4 Å². The van der Waals surface area contributed by atoms with Crippen molar-refractivity contribution in [1.82, 2.24) is 18.1 Å². The van der Waals surface area contributed by atoms with Crippen LogP contribution in [0.2, 0.25) is 0 Å². The van der Waals surface area contributed by atoms with E-state index in [4.69, 9.17) is 0 Å². The van der Waals surface area contributed by atoms with Crippen LogP contribution < -0.4 is 5.32 Å². The Morgan fingerprint density at radius 2 is 1.88 bits per heavy atom. The molecule has 0 atom stereocenters. The van der Waals surface area contributed by atoms with Crippen molar-refractivity contribution in [3.05, 3.63) is 54.9 Å². The smallest absolute Gasteiger partial charge is 0.318 e. The number of rotatable bonds is 12. The Balaban J connectivity index is 1.32. The molecule has 9 nitrogen and oxygen atoms in total. The largest absolute Gasteiger partial charge is 0.480 e. The minimum atomic E-state index is -3.94. The molecule has 2 aromatic heterocycles. The fraction of sp³-hybridized carbons (Fsp3) is 0.318. The maximum Gasteiger partial charge on any atom is 0.318 e. The first kappa shape index (κ1) is 23.1. The summed E-state index contributed by atoms with van der Waals surface area (Å²) in [6.07, 6.45) is 6.74. The predicted octanol–water partition coefficient (Wildman–Crippen LogP) is 3.69. The number of aromatic nitrogens is 3. The Kier molecular flexibility index (Phi) is 7.21. The van der Waals surface area contributed by atoms with Crippen LogP contribution in [0.3, 0.4) is 0 Å². The Bertz CT molecular complexity index is 1340. The van der Waals surface area contributed by atoms with Gasteiger partial charge >= 0.3 is 5.97 Å². The number of anilines is 1. The Hall–Kier alpha value is -3.02. The number of nitrogens with zero attached hydrogens (tertiary/aromatic N) is 4. The molecule has 2 heterocycles. The van der Waals surface area contributed by atoms with Crippen molar-refractivity contribution in [3.63, 3.8) is 0 Å². The summed E-state index contributed by atoms with van der Waals surface area (Å²) in [7, 11) is -3.94. The molecule has 2 N–H and O–H groups in total. The number of sulfonamides is 1.